The van der Waals surface area contributed by atoms with Gasteiger partial charge in [-0.3, -0.25) is 0 Å². The van der Waals surface area contributed by atoms with Crippen LogP contribution in [0, 0.1) is 5.82 Å². The van der Waals surface area contributed by atoms with Crippen molar-refractivity contribution in [1.29, 1.82) is 0 Å². The predicted octanol–water partition coefficient (Wildman–Crippen LogP) is 2.33. The molecule has 1 atom stereocenters. The molecule has 2 aromatic rings. The first-order valence-electron chi connectivity index (χ1n) is 6.11. The number of hydrogen-bond acceptors (Lipinski definition) is 5. The zero-order chi connectivity index (χ0) is 13.8. The number of nitrogen functional groups attached to an aromatic ring is 1. The first-order valence-corrected chi connectivity index (χ1v) is 6.11. The second-order valence-corrected chi connectivity index (χ2v) is 4.21. The van der Waals surface area contributed by atoms with E-state index in [1.807, 2.05) is 19.9 Å². The zero-order valence-electron chi connectivity index (χ0n) is 10.9. The normalized spacial score (nSPS) is 12.2. The molecule has 0 aliphatic rings. The molecule has 3 N–H and O–H groups in total. The minimum atomic E-state index is -0.268. The quantitative estimate of drug-likeness (QED) is 0.883. The third-order valence-corrected chi connectivity index (χ3v) is 2.71. The van der Waals surface area contributed by atoms with Crippen LogP contribution < -0.4 is 11.1 Å². The lowest BCUT2D eigenvalue weighted by molar-refractivity contribution is 0.623. The van der Waals surface area contributed by atoms with E-state index in [1.165, 1.54) is 12.1 Å². The van der Waals surface area contributed by atoms with Gasteiger partial charge in [0.25, 0.3) is 0 Å². The van der Waals surface area contributed by atoms with Crippen molar-refractivity contribution in [3.05, 3.63) is 41.5 Å². The van der Waals surface area contributed by atoms with E-state index in [-0.39, 0.29) is 17.8 Å². The van der Waals surface area contributed by atoms with Crippen molar-refractivity contribution < 1.29 is 4.39 Å². The Hall–Kier alpha value is -2.24. The van der Waals surface area contributed by atoms with Crippen LogP contribution in [0.5, 0.6) is 0 Å². The number of aromatic nitrogens is 3. The van der Waals surface area contributed by atoms with E-state index < -0.39 is 0 Å². The highest BCUT2D eigenvalue weighted by Crippen LogP contribution is 2.17. The van der Waals surface area contributed by atoms with E-state index in [0.717, 1.165) is 5.56 Å². The van der Waals surface area contributed by atoms with Gasteiger partial charge in [-0.05, 0) is 24.6 Å². The number of nitrogens with two attached hydrogens (primary N) is 1. The molecule has 6 heteroatoms. The number of benzene rings is 1. The molecule has 0 saturated heterocycles. The summed E-state index contributed by atoms with van der Waals surface area (Å²) < 4.78 is 13.2. The Bertz CT molecular complexity index is 573. The van der Waals surface area contributed by atoms with E-state index in [2.05, 4.69) is 20.3 Å². The summed E-state index contributed by atoms with van der Waals surface area (Å²) in [5.41, 5.74) is 6.43. The van der Waals surface area contributed by atoms with Crippen molar-refractivity contribution in [2.24, 2.45) is 0 Å². The fourth-order valence-electron chi connectivity index (χ4n) is 1.71. The van der Waals surface area contributed by atoms with Gasteiger partial charge in [-0.2, -0.15) is 15.0 Å². The van der Waals surface area contributed by atoms with Crippen LogP contribution in [0.2, 0.25) is 0 Å². The lowest BCUT2D eigenvalue weighted by Crippen LogP contribution is -2.13. The fourth-order valence-corrected chi connectivity index (χ4v) is 1.71. The van der Waals surface area contributed by atoms with Crippen LogP contribution in [0.1, 0.15) is 31.3 Å². The molecule has 1 heterocycles. The summed E-state index contributed by atoms with van der Waals surface area (Å²) in [6, 6.07) is 6.27. The molecular weight excluding hydrogens is 245 g/mol. The van der Waals surface area contributed by atoms with Crippen LogP contribution in [0.25, 0.3) is 0 Å². The number of aryl methyl sites for hydroxylation is 1. The Morgan fingerprint density at radius 3 is 2.79 bits per heavy atom. The van der Waals surface area contributed by atoms with Gasteiger partial charge in [0.15, 0.2) is 0 Å². The maximum atomic E-state index is 13.2. The number of rotatable bonds is 4. The molecule has 0 amide bonds. The number of nitrogens with one attached hydrogen (secondary N) is 1. The van der Waals surface area contributed by atoms with Gasteiger partial charge in [0.1, 0.15) is 11.6 Å². The van der Waals surface area contributed by atoms with E-state index in [0.29, 0.717) is 18.2 Å². The Morgan fingerprint density at radius 2 is 2.11 bits per heavy atom. The summed E-state index contributed by atoms with van der Waals surface area (Å²) in [6.45, 7) is 3.84. The average Bonchev–Trinajstić information content (AvgIpc) is 2.38. The monoisotopic (exact) mass is 261 g/mol. The molecular formula is C13H16FN5. The first-order chi connectivity index (χ1) is 9.08. The third kappa shape index (κ3) is 3.37. The number of hydrogen-bond donors (Lipinski definition) is 2. The molecule has 0 spiro atoms. The topological polar surface area (TPSA) is 76.7 Å². The van der Waals surface area contributed by atoms with Gasteiger partial charge in [0.2, 0.25) is 11.9 Å². The van der Waals surface area contributed by atoms with Crippen molar-refractivity contribution in [3.63, 3.8) is 0 Å². The minimum Gasteiger partial charge on any atom is -0.368 e. The fraction of sp³-hybridized carbons (Fsp3) is 0.308. The minimum absolute atomic E-state index is 0.123. The van der Waals surface area contributed by atoms with Crippen molar-refractivity contribution in [2.45, 2.75) is 26.3 Å². The molecule has 0 aliphatic carbocycles. The van der Waals surface area contributed by atoms with Gasteiger partial charge >= 0.3 is 0 Å². The molecule has 0 aliphatic heterocycles. The summed E-state index contributed by atoms with van der Waals surface area (Å²) >= 11 is 0. The molecule has 0 fully saturated rings. The SMILES string of the molecule is CCc1nc(N)nc(NC(C)c2cccc(F)c2)n1. The molecule has 0 radical (unpaired) electrons. The molecule has 5 nitrogen and oxygen atoms in total. The van der Waals surface area contributed by atoms with Crippen LogP contribution in [0.15, 0.2) is 24.3 Å². The summed E-state index contributed by atoms with van der Waals surface area (Å²) in [6.07, 6.45) is 0.676. The van der Waals surface area contributed by atoms with Crippen molar-refractivity contribution in [3.8, 4) is 0 Å². The maximum absolute atomic E-state index is 13.2. The van der Waals surface area contributed by atoms with Crippen LogP contribution >= 0.6 is 0 Å². The highest BCUT2D eigenvalue weighted by atomic mass is 19.1. The van der Waals surface area contributed by atoms with Gasteiger partial charge in [-0.25, -0.2) is 4.39 Å². The van der Waals surface area contributed by atoms with Crippen molar-refractivity contribution in [1.82, 2.24) is 15.0 Å². The summed E-state index contributed by atoms with van der Waals surface area (Å²) in [4.78, 5) is 12.3. The first kappa shape index (κ1) is 13.2. The Kier molecular flexibility index (Phi) is 3.89. The van der Waals surface area contributed by atoms with Gasteiger partial charge in [0, 0.05) is 6.42 Å². The number of anilines is 2. The summed E-state index contributed by atoms with van der Waals surface area (Å²) in [7, 11) is 0. The lowest BCUT2D eigenvalue weighted by atomic mass is 10.1. The van der Waals surface area contributed by atoms with E-state index in [9.17, 15) is 4.39 Å². The molecule has 100 valence electrons. The predicted molar refractivity (Wildman–Crippen MR) is 72.1 cm³/mol. The number of halogens is 1. The largest absolute Gasteiger partial charge is 0.368 e. The Labute approximate surface area is 111 Å². The standard InChI is InChI=1S/C13H16FN5/c1-3-11-17-12(15)19-13(18-11)16-8(2)9-5-4-6-10(14)7-9/h4-8H,3H2,1-2H3,(H3,15,16,17,18,19). The highest BCUT2D eigenvalue weighted by molar-refractivity contribution is 5.35. The van der Waals surface area contributed by atoms with E-state index >= 15 is 0 Å². The molecule has 1 unspecified atom stereocenters. The molecule has 1 aromatic heterocycles. The molecule has 0 saturated carbocycles. The molecule has 2 rings (SSSR count). The van der Waals surface area contributed by atoms with Crippen LogP contribution in [0.4, 0.5) is 16.3 Å². The summed E-state index contributed by atoms with van der Waals surface area (Å²) in [5.74, 6) is 0.943. The molecule has 1 aromatic carbocycles. The Morgan fingerprint density at radius 1 is 1.32 bits per heavy atom. The third-order valence-electron chi connectivity index (χ3n) is 2.71. The smallest absolute Gasteiger partial charge is 0.228 e. The lowest BCUT2D eigenvalue weighted by Gasteiger charge is -2.14. The van der Waals surface area contributed by atoms with Crippen LogP contribution in [-0.2, 0) is 6.42 Å². The van der Waals surface area contributed by atoms with Gasteiger partial charge in [-0.1, -0.05) is 19.1 Å². The van der Waals surface area contributed by atoms with E-state index in [4.69, 9.17) is 5.73 Å². The average molecular weight is 261 g/mol. The molecule has 19 heavy (non-hydrogen) atoms. The van der Waals surface area contributed by atoms with Gasteiger partial charge in [0.05, 0.1) is 6.04 Å². The van der Waals surface area contributed by atoms with Crippen LogP contribution in [-0.4, -0.2) is 15.0 Å². The second kappa shape index (κ2) is 5.60. The highest BCUT2D eigenvalue weighted by Gasteiger charge is 2.09. The van der Waals surface area contributed by atoms with E-state index in [1.54, 1.807) is 6.07 Å². The van der Waals surface area contributed by atoms with Gasteiger partial charge < -0.3 is 11.1 Å². The summed E-state index contributed by atoms with van der Waals surface area (Å²) in [5, 5.41) is 3.09. The second-order valence-electron chi connectivity index (χ2n) is 4.21. The molecule has 0 bridgehead atoms. The van der Waals surface area contributed by atoms with Crippen molar-refractivity contribution >= 4 is 11.9 Å². The maximum Gasteiger partial charge on any atom is 0.228 e. The van der Waals surface area contributed by atoms with Crippen LogP contribution in [0.3, 0.4) is 0 Å². The van der Waals surface area contributed by atoms with Crippen molar-refractivity contribution in [2.75, 3.05) is 11.1 Å². The zero-order valence-corrected chi connectivity index (χ0v) is 10.9. The number of nitrogens with zero attached hydrogens (tertiary/aromatic N) is 3. The Balaban J connectivity index is 2.18. The van der Waals surface area contributed by atoms with Gasteiger partial charge in [-0.15, -0.1) is 0 Å².